The van der Waals surface area contributed by atoms with E-state index in [4.69, 9.17) is 4.74 Å². The van der Waals surface area contributed by atoms with Crippen molar-refractivity contribution in [2.75, 3.05) is 7.11 Å². The van der Waals surface area contributed by atoms with Crippen LogP contribution in [0.15, 0.2) is 30.3 Å². The molecule has 0 spiro atoms. The number of ether oxygens (including phenoxy) is 1. The summed E-state index contributed by atoms with van der Waals surface area (Å²) >= 11 is 0. The first kappa shape index (κ1) is 14.9. The van der Waals surface area contributed by atoms with Crippen molar-refractivity contribution in [2.45, 2.75) is 0 Å². The molecule has 5 nitrogen and oxygen atoms in total. The zero-order valence-electron chi connectivity index (χ0n) is 12.6. The van der Waals surface area contributed by atoms with Gasteiger partial charge in [0.2, 0.25) is 0 Å². The molecule has 3 rings (SSSR count). The summed E-state index contributed by atoms with van der Waals surface area (Å²) in [4.78, 5) is 0. The fourth-order valence-corrected chi connectivity index (χ4v) is 2.93. The van der Waals surface area contributed by atoms with Gasteiger partial charge in [0.1, 0.15) is 30.0 Å². The number of rotatable bonds is 1. The number of hydrogen-bond donors (Lipinski definition) is 0. The zero-order chi connectivity index (χ0) is 17.3. The van der Waals surface area contributed by atoms with Crippen LogP contribution in [0.1, 0.15) is 22.3 Å². The molecule has 0 bridgehead atoms. The predicted octanol–water partition coefficient (Wildman–Crippen LogP) is 3.49. The van der Waals surface area contributed by atoms with Gasteiger partial charge in [-0.05, 0) is 11.5 Å². The molecule has 0 fully saturated rings. The normalized spacial score (nSPS) is 9.71. The van der Waals surface area contributed by atoms with Gasteiger partial charge in [0.25, 0.3) is 0 Å². The Morgan fingerprint density at radius 1 is 0.750 bits per heavy atom. The van der Waals surface area contributed by atoms with Crippen LogP contribution in [0.4, 0.5) is 0 Å². The molecule has 0 aliphatic carbocycles. The fourth-order valence-electron chi connectivity index (χ4n) is 2.93. The highest BCUT2D eigenvalue weighted by atomic mass is 16.5. The summed E-state index contributed by atoms with van der Waals surface area (Å²) in [6, 6.07) is 16.9. The maximum Gasteiger partial charge on any atom is 0.135 e. The van der Waals surface area contributed by atoms with Crippen molar-refractivity contribution in [3.8, 4) is 30.0 Å². The van der Waals surface area contributed by atoms with E-state index in [1.54, 1.807) is 6.07 Å². The van der Waals surface area contributed by atoms with Crippen molar-refractivity contribution in [2.24, 2.45) is 0 Å². The minimum atomic E-state index is -0.0994. The van der Waals surface area contributed by atoms with E-state index in [1.807, 2.05) is 48.5 Å². The second-order valence-electron chi connectivity index (χ2n) is 5.00. The van der Waals surface area contributed by atoms with E-state index in [0.717, 1.165) is 10.8 Å². The first-order valence-electron chi connectivity index (χ1n) is 6.91. The highest BCUT2D eigenvalue weighted by molar-refractivity contribution is 6.10. The van der Waals surface area contributed by atoms with Gasteiger partial charge < -0.3 is 4.74 Å². The topological polar surface area (TPSA) is 104 Å². The molecule has 0 aliphatic rings. The van der Waals surface area contributed by atoms with Crippen molar-refractivity contribution in [1.29, 1.82) is 21.0 Å². The lowest BCUT2D eigenvalue weighted by molar-refractivity contribution is 0.424. The van der Waals surface area contributed by atoms with Crippen LogP contribution in [0, 0.1) is 45.3 Å². The Kier molecular flexibility index (Phi) is 3.48. The van der Waals surface area contributed by atoms with Gasteiger partial charge in [-0.1, -0.05) is 24.3 Å². The van der Waals surface area contributed by atoms with Gasteiger partial charge in [0, 0.05) is 16.2 Å². The Bertz CT molecular complexity index is 1180. The first-order chi connectivity index (χ1) is 11.7. The molecule has 0 aromatic heterocycles. The van der Waals surface area contributed by atoms with Crippen molar-refractivity contribution >= 4 is 21.5 Å². The molecule has 0 heterocycles. The lowest BCUT2D eigenvalue weighted by Crippen LogP contribution is -2.00. The molecule has 0 radical (unpaired) electrons. The number of methoxy groups -OCH3 is 1. The molecular weight excluding hydrogens is 300 g/mol. The van der Waals surface area contributed by atoms with Gasteiger partial charge in [-0.2, -0.15) is 21.0 Å². The first-order valence-corrected chi connectivity index (χ1v) is 6.91. The van der Waals surface area contributed by atoms with Gasteiger partial charge in [-0.3, -0.25) is 0 Å². The monoisotopic (exact) mass is 308 g/mol. The average molecular weight is 308 g/mol. The Morgan fingerprint density at radius 2 is 1.33 bits per heavy atom. The van der Waals surface area contributed by atoms with E-state index < -0.39 is 0 Å². The lowest BCUT2D eigenvalue weighted by Gasteiger charge is -2.14. The molecule has 0 atom stereocenters. The lowest BCUT2D eigenvalue weighted by atomic mass is 9.88. The number of nitriles is 4. The van der Waals surface area contributed by atoms with Crippen molar-refractivity contribution in [3.63, 3.8) is 0 Å². The average Bonchev–Trinajstić information content (AvgIpc) is 2.63. The second-order valence-corrected chi connectivity index (χ2v) is 5.00. The zero-order valence-corrected chi connectivity index (χ0v) is 12.6. The third-order valence-corrected chi connectivity index (χ3v) is 3.92. The molecule has 0 N–H and O–H groups in total. The smallest absolute Gasteiger partial charge is 0.135 e. The molecule has 5 heteroatoms. The molecule has 3 aromatic rings. The van der Waals surface area contributed by atoms with Crippen molar-refractivity contribution < 1.29 is 4.74 Å². The molecular formula is C19H8N4O. The van der Waals surface area contributed by atoms with Gasteiger partial charge in [0.15, 0.2) is 0 Å². The van der Waals surface area contributed by atoms with Crippen LogP contribution >= 0.6 is 0 Å². The fraction of sp³-hybridized carbons (Fsp3) is 0.0526. The maximum absolute atomic E-state index is 9.57. The van der Waals surface area contributed by atoms with Gasteiger partial charge >= 0.3 is 0 Å². The molecule has 0 amide bonds. The Hall–Kier alpha value is -4.06. The summed E-state index contributed by atoms with van der Waals surface area (Å²) in [5.41, 5.74) is -0.0585. The minimum Gasteiger partial charge on any atom is -0.495 e. The molecule has 0 aliphatic heterocycles. The summed E-state index contributed by atoms with van der Waals surface area (Å²) in [6.07, 6.45) is 0. The van der Waals surface area contributed by atoms with E-state index in [9.17, 15) is 21.0 Å². The molecule has 110 valence electrons. The van der Waals surface area contributed by atoms with Crippen LogP contribution < -0.4 is 4.74 Å². The van der Waals surface area contributed by atoms with Crippen LogP contribution in [0.2, 0.25) is 0 Å². The third kappa shape index (κ3) is 1.84. The van der Waals surface area contributed by atoms with E-state index in [-0.39, 0.29) is 22.3 Å². The predicted molar refractivity (Wildman–Crippen MR) is 86.9 cm³/mol. The SMILES string of the molecule is COc1c2ccccc2cc2c(C#N)c(C#N)c(C#N)c(C#N)c12. The number of fused-ring (bicyclic) bond motifs is 2. The van der Waals surface area contributed by atoms with Gasteiger partial charge in [-0.25, -0.2) is 0 Å². The molecule has 24 heavy (non-hydrogen) atoms. The van der Waals surface area contributed by atoms with Crippen LogP contribution in [0.5, 0.6) is 5.75 Å². The quantitative estimate of drug-likeness (QED) is 0.640. The number of benzene rings is 3. The van der Waals surface area contributed by atoms with E-state index >= 15 is 0 Å². The highest BCUT2D eigenvalue weighted by Gasteiger charge is 2.23. The van der Waals surface area contributed by atoms with Gasteiger partial charge in [-0.15, -0.1) is 0 Å². The summed E-state index contributed by atoms with van der Waals surface area (Å²) in [5, 5.41) is 40.3. The Balaban J connectivity index is 2.78. The number of nitrogens with zero attached hydrogens (tertiary/aromatic N) is 4. The van der Waals surface area contributed by atoms with Gasteiger partial charge in [0.05, 0.1) is 29.4 Å². The highest BCUT2D eigenvalue weighted by Crippen LogP contribution is 2.40. The van der Waals surface area contributed by atoms with Crippen LogP contribution in [0.3, 0.4) is 0 Å². The summed E-state index contributed by atoms with van der Waals surface area (Å²) in [6.45, 7) is 0. The molecule has 0 saturated carbocycles. The molecule has 0 saturated heterocycles. The van der Waals surface area contributed by atoms with Crippen LogP contribution in [-0.4, -0.2) is 7.11 Å². The van der Waals surface area contributed by atoms with Crippen LogP contribution in [0.25, 0.3) is 21.5 Å². The van der Waals surface area contributed by atoms with E-state index in [1.165, 1.54) is 7.11 Å². The molecule has 0 unspecified atom stereocenters. The maximum atomic E-state index is 9.57. The summed E-state index contributed by atoms with van der Waals surface area (Å²) in [5.74, 6) is 0.414. The van der Waals surface area contributed by atoms with E-state index in [2.05, 4.69) is 0 Å². The minimum absolute atomic E-state index is 0.0469. The molecule has 3 aromatic carbocycles. The number of hydrogen-bond acceptors (Lipinski definition) is 5. The van der Waals surface area contributed by atoms with E-state index in [0.29, 0.717) is 16.5 Å². The Morgan fingerprint density at radius 3 is 1.92 bits per heavy atom. The summed E-state index contributed by atoms with van der Waals surface area (Å²) < 4.78 is 5.50. The third-order valence-electron chi connectivity index (χ3n) is 3.92. The summed E-state index contributed by atoms with van der Waals surface area (Å²) in [7, 11) is 1.47. The standard InChI is InChI=1S/C19H8N4O/c1-24-19-12-5-3-2-4-11(12)6-13-14(7-20)15(8-21)16(9-22)17(10-23)18(13)19/h2-6H,1H3. The van der Waals surface area contributed by atoms with Crippen molar-refractivity contribution in [1.82, 2.24) is 0 Å². The largest absolute Gasteiger partial charge is 0.495 e. The second kappa shape index (κ2) is 5.62. The van der Waals surface area contributed by atoms with Crippen LogP contribution in [-0.2, 0) is 0 Å². The Labute approximate surface area is 137 Å². The van der Waals surface area contributed by atoms with Crippen molar-refractivity contribution in [3.05, 3.63) is 52.6 Å².